The number of hydrogen-bond donors (Lipinski definition) is 0. The molecule has 2 aliphatic heterocycles. The molecular weight excluding hydrogens is 485 g/mol. The van der Waals surface area contributed by atoms with Crippen LogP contribution < -0.4 is 8.61 Å². The van der Waals surface area contributed by atoms with E-state index in [1.807, 2.05) is 39.9 Å². The molecule has 0 bridgehead atoms. The molecule has 0 spiro atoms. The second-order valence-electron chi connectivity index (χ2n) is 9.22. The molecule has 1 saturated heterocycles. The van der Waals surface area contributed by atoms with Crippen molar-refractivity contribution in [2.24, 2.45) is 5.92 Å². The van der Waals surface area contributed by atoms with Crippen LogP contribution in [0, 0.1) is 11.7 Å². The maximum Gasteiger partial charge on any atom is 0.253 e. The molecule has 1 aliphatic carbocycles. The van der Waals surface area contributed by atoms with Crippen LogP contribution in [-0.2, 0) is 16.6 Å². The van der Waals surface area contributed by atoms with Crippen molar-refractivity contribution in [2.75, 3.05) is 54.6 Å². The third-order valence-corrected chi connectivity index (χ3v) is 9.02. The van der Waals surface area contributed by atoms with Crippen LogP contribution >= 0.6 is 12.1 Å². The third-order valence-electron chi connectivity index (χ3n) is 6.73. The van der Waals surface area contributed by atoms with E-state index in [4.69, 9.17) is 0 Å². The lowest BCUT2D eigenvalue weighted by Crippen LogP contribution is -2.47. The van der Waals surface area contributed by atoms with Gasteiger partial charge >= 0.3 is 0 Å². The molecular formula is C23H27F3N4O2S2. The number of rotatable bonds is 6. The van der Waals surface area contributed by atoms with Crippen molar-refractivity contribution in [2.45, 2.75) is 18.9 Å². The lowest BCUT2D eigenvalue weighted by molar-refractivity contribution is 0.101. The molecule has 11 heteroatoms. The van der Waals surface area contributed by atoms with Crippen LogP contribution in [-0.4, -0.2) is 69.6 Å². The SMILES string of the molecule is CN1SN(CC2CC2(F)F)c2ccc(-c3cccc(CN4CCN(S(C)(=O)=O)CC4)c3F)cc21. The smallest absolute Gasteiger partial charge is 0.253 e. The summed E-state index contributed by atoms with van der Waals surface area (Å²) in [5.41, 5.74) is 3.50. The number of nitrogens with zero attached hydrogens (tertiary/aromatic N) is 4. The number of fused-ring (bicyclic) bond motifs is 1. The summed E-state index contributed by atoms with van der Waals surface area (Å²) in [6.07, 6.45) is 1.14. The Hall–Kier alpha value is -1.95. The van der Waals surface area contributed by atoms with E-state index in [0.29, 0.717) is 43.9 Å². The first-order valence-electron chi connectivity index (χ1n) is 11.2. The first-order chi connectivity index (χ1) is 16.0. The molecule has 2 fully saturated rings. The van der Waals surface area contributed by atoms with Crippen molar-refractivity contribution >= 4 is 33.5 Å². The van der Waals surface area contributed by atoms with Crippen molar-refractivity contribution in [1.82, 2.24) is 9.21 Å². The van der Waals surface area contributed by atoms with Gasteiger partial charge in [-0.3, -0.25) is 13.5 Å². The van der Waals surface area contributed by atoms with Crippen molar-refractivity contribution in [3.05, 3.63) is 47.8 Å². The van der Waals surface area contributed by atoms with Gasteiger partial charge in [0.05, 0.1) is 29.8 Å². The number of anilines is 2. The Morgan fingerprint density at radius 1 is 1.09 bits per heavy atom. The Kier molecular flexibility index (Phi) is 6.02. The molecule has 0 amide bonds. The predicted octanol–water partition coefficient (Wildman–Crippen LogP) is 4.04. The van der Waals surface area contributed by atoms with Gasteiger partial charge in [0.15, 0.2) is 0 Å². The summed E-state index contributed by atoms with van der Waals surface area (Å²) in [4.78, 5) is 2.06. The van der Waals surface area contributed by atoms with Crippen molar-refractivity contribution in [1.29, 1.82) is 0 Å². The van der Waals surface area contributed by atoms with E-state index in [9.17, 15) is 17.2 Å². The minimum atomic E-state index is -3.21. The Morgan fingerprint density at radius 3 is 2.44 bits per heavy atom. The lowest BCUT2D eigenvalue weighted by Gasteiger charge is -2.33. The number of hydrogen-bond acceptors (Lipinski definition) is 6. The fourth-order valence-electron chi connectivity index (χ4n) is 4.57. The molecule has 1 atom stereocenters. The van der Waals surface area contributed by atoms with Crippen LogP contribution in [0.3, 0.4) is 0 Å². The highest BCUT2D eigenvalue weighted by molar-refractivity contribution is 8.02. The van der Waals surface area contributed by atoms with Crippen molar-refractivity contribution in [3.63, 3.8) is 0 Å². The highest BCUT2D eigenvalue weighted by Gasteiger charge is 2.57. The van der Waals surface area contributed by atoms with Crippen molar-refractivity contribution in [3.8, 4) is 11.1 Å². The lowest BCUT2D eigenvalue weighted by atomic mass is 10.0. The normalized spacial score (nSPS) is 22.8. The van der Waals surface area contributed by atoms with Gasteiger partial charge in [-0.15, -0.1) is 0 Å². The molecule has 1 saturated carbocycles. The molecule has 5 rings (SSSR count). The highest BCUT2D eigenvalue weighted by atomic mass is 32.2. The molecule has 0 N–H and O–H groups in total. The molecule has 6 nitrogen and oxygen atoms in total. The van der Waals surface area contributed by atoms with Crippen LogP contribution in [0.1, 0.15) is 12.0 Å². The van der Waals surface area contributed by atoms with Gasteiger partial charge in [-0.1, -0.05) is 24.3 Å². The molecule has 2 aromatic carbocycles. The van der Waals surface area contributed by atoms with E-state index in [0.717, 1.165) is 16.9 Å². The summed E-state index contributed by atoms with van der Waals surface area (Å²) in [6, 6.07) is 10.9. The molecule has 0 radical (unpaired) electrons. The van der Waals surface area contributed by atoms with Crippen molar-refractivity contribution < 1.29 is 21.6 Å². The summed E-state index contributed by atoms with van der Waals surface area (Å²) >= 11 is 1.39. The Morgan fingerprint density at radius 2 is 1.79 bits per heavy atom. The number of halogens is 3. The van der Waals surface area contributed by atoms with Crippen LogP contribution in [0.25, 0.3) is 11.1 Å². The maximum absolute atomic E-state index is 15.5. The van der Waals surface area contributed by atoms with E-state index in [1.54, 1.807) is 12.1 Å². The molecule has 2 heterocycles. The quantitative estimate of drug-likeness (QED) is 0.545. The van der Waals surface area contributed by atoms with Crippen LogP contribution in [0.2, 0.25) is 0 Å². The first kappa shape index (κ1) is 23.8. The summed E-state index contributed by atoms with van der Waals surface area (Å²) in [7, 11) is -1.33. The molecule has 1 unspecified atom stereocenters. The largest absolute Gasteiger partial charge is 0.300 e. The van der Waals surface area contributed by atoms with E-state index in [2.05, 4.69) is 4.90 Å². The second-order valence-corrected chi connectivity index (χ2v) is 12.4. The first-order valence-corrected chi connectivity index (χ1v) is 13.8. The average Bonchev–Trinajstić information content (AvgIpc) is 3.26. The Labute approximate surface area is 202 Å². The number of sulfonamides is 1. The minimum absolute atomic E-state index is 0.0670. The van der Waals surface area contributed by atoms with Gasteiger partial charge in [-0.25, -0.2) is 21.6 Å². The number of alkyl halides is 2. The van der Waals surface area contributed by atoms with Gasteiger partial charge in [0, 0.05) is 69.8 Å². The topological polar surface area (TPSA) is 47.1 Å². The second kappa shape index (κ2) is 8.61. The molecule has 3 aliphatic rings. The Bertz CT molecular complexity index is 1200. The summed E-state index contributed by atoms with van der Waals surface area (Å²) in [5.74, 6) is -3.48. The summed E-state index contributed by atoms with van der Waals surface area (Å²) < 4.78 is 71.0. The predicted molar refractivity (Wildman–Crippen MR) is 130 cm³/mol. The zero-order valence-electron chi connectivity index (χ0n) is 19.0. The monoisotopic (exact) mass is 512 g/mol. The average molecular weight is 513 g/mol. The van der Waals surface area contributed by atoms with Gasteiger partial charge < -0.3 is 0 Å². The van der Waals surface area contributed by atoms with Gasteiger partial charge in [0.1, 0.15) is 5.82 Å². The van der Waals surface area contributed by atoms with Gasteiger partial charge in [0.2, 0.25) is 10.0 Å². The Balaban J connectivity index is 1.32. The van der Waals surface area contributed by atoms with Crippen LogP contribution in [0.4, 0.5) is 24.5 Å². The fraction of sp³-hybridized carbons (Fsp3) is 0.478. The molecule has 0 aromatic heterocycles. The summed E-state index contributed by atoms with van der Waals surface area (Å²) in [6.45, 7) is 2.59. The zero-order valence-corrected chi connectivity index (χ0v) is 20.7. The minimum Gasteiger partial charge on any atom is -0.300 e. The molecule has 34 heavy (non-hydrogen) atoms. The van der Waals surface area contributed by atoms with Gasteiger partial charge in [0.25, 0.3) is 5.92 Å². The van der Waals surface area contributed by atoms with E-state index >= 15 is 4.39 Å². The number of benzene rings is 2. The maximum atomic E-state index is 15.5. The third kappa shape index (κ3) is 4.62. The summed E-state index contributed by atoms with van der Waals surface area (Å²) in [5, 5.41) is 0. The zero-order chi connectivity index (χ0) is 24.3. The van der Waals surface area contributed by atoms with Crippen LogP contribution in [0.15, 0.2) is 36.4 Å². The van der Waals surface area contributed by atoms with E-state index in [-0.39, 0.29) is 18.8 Å². The number of piperazine rings is 1. The van der Waals surface area contributed by atoms with E-state index < -0.39 is 21.9 Å². The van der Waals surface area contributed by atoms with Gasteiger partial charge in [-0.2, -0.15) is 4.31 Å². The molecule has 184 valence electrons. The highest BCUT2D eigenvalue weighted by Crippen LogP contribution is 2.53. The standard InChI is InChI=1S/C23H27F3N4O2S2/c1-27-21-12-16(6-7-20(21)30(33-27)15-18-13-23(18,25)26)19-5-3-4-17(22(19)24)14-28-8-10-29(11-9-28)34(2,31)32/h3-7,12,18H,8-11,13-15H2,1-2H3. The van der Waals surface area contributed by atoms with Crippen LogP contribution in [0.5, 0.6) is 0 Å². The molecule has 2 aromatic rings. The fourth-order valence-corrected chi connectivity index (χ4v) is 6.42. The van der Waals surface area contributed by atoms with E-state index in [1.165, 1.54) is 22.7 Å². The van der Waals surface area contributed by atoms with Gasteiger partial charge in [-0.05, 0) is 17.7 Å².